The summed E-state index contributed by atoms with van der Waals surface area (Å²) in [5, 5.41) is 0. The number of aromatic nitrogens is 3. The van der Waals surface area contributed by atoms with Gasteiger partial charge in [0.05, 0.1) is 38.8 Å². The van der Waals surface area contributed by atoms with Crippen LogP contribution in [0.5, 0.6) is 17.2 Å². The molecular weight excluding hydrogens is 370 g/mol. The molecule has 0 bridgehead atoms. The Hall–Kier alpha value is -3.53. The van der Waals surface area contributed by atoms with Gasteiger partial charge in [0.25, 0.3) is 0 Å². The first-order chi connectivity index (χ1) is 13.9. The first kappa shape index (κ1) is 20.2. The Morgan fingerprint density at radius 1 is 1.17 bits per heavy atom. The molecule has 0 saturated carbocycles. The summed E-state index contributed by atoms with van der Waals surface area (Å²) in [6.45, 7) is 3.65. The number of hydrogen-bond donors (Lipinski definition) is 1. The first-order valence-electron chi connectivity index (χ1n) is 8.99. The van der Waals surface area contributed by atoms with E-state index in [-0.39, 0.29) is 5.78 Å². The van der Waals surface area contributed by atoms with Crippen LogP contribution in [0, 0.1) is 17.8 Å². The lowest BCUT2D eigenvalue weighted by Crippen LogP contribution is -2.23. The third kappa shape index (κ3) is 3.61. The summed E-state index contributed by atoms with van der Waals surface area (Å²) in [5.41, 5.74) is 2.07. The molecule has 7 heteroatoms. The van der Waals surface area contributed by atoms with Crippen molar-refractivity contribution in [3.63, 3.8) is 0 Å². The van der Waals surface area contributed by atoms with Crippen LogP contribution in [0.4, 0.5) is 0 Å². The number of methoxy groups -OCH3 is 3. The van der Waals surface area contributed by atoms with E-state index < -0.39 is 5.41 Å². The lowest BCUT2D eigenvalue weighted by molar-refractivity contribution is 0.0845. The number of benzene rings is 1. The number of H-pyrrole nitrogens is 1. The van der Waals surface area contributed by atoms with Gasteiger partial charge in [0, 0.05) is 23.6 Å². The highest BCUT2D eigenvalue weighted by atomic mass is 16.5. The molecule has 1 N–H and O–H groups in total. The van der Waals surface area contributed by atoms with Crippen molar-refractivity contribution in [2.75, 3.05) is 21.3 Å². The second-order valence-electron chi connectivity index (χ2n) is 7.16. The molecule has 0 saturated heterocycles. The van der Waals surface area contributed by atoms with Crippen LogP contribution in [-0.2, 0) is 0 Å². The highest BCUT2D eigenvalue weighted by molar-refractivity contribution is 6.08. The van der Waals surface area contributed by atoms with Crippen molar-refractivity contribution in [1.29, 1.82) is 0 Å². The Balaban J connectivity index is 2.14. The lowest BCUT2D eigenvalue weighted by Gasteiger charge is -2.19. The molecule has 2 aromatic heterocycles. The predicted octanol–water partition coefficient (Wildman–Crippen LogP) is 3.88. The third-order valence-corrected chi connectivity index (χ3v) is 4.74. The fourth-order valence-corrected chi connectivity index (χ4v) is 3.13. The maximum absolute atomic E-state index is 13.0. The second kappa shape index (κ2) is 7.84. The van der Waals surface area contributed by atoms with E-state index >= 15 is 0 Å². The highest BCUT2D eigenvalue weighted by Gasteiger charge is 2.30. The number of nitrogens with one attached hydrogen (secondary N) is 1. The number of nitrogens with zero attached hydrogens (tertiary/aromatic N) is 2. The zero-order valence-electron chi connectivity index (χ0n) is 17.1. The number of terminal acetylenes is 1. The van der Waals surface area contributed by atoms with Crippen LogP contribution in [0.2, 0.25) is 0 Å². The maximum atomic E-state index is 13.0. The number of ether oxygens (including phenoxy) is 3. The Bertz CT molecular complexity index is 1080. The fourth-order valence-electron chi connectivity index (χ4n) is 3.13. The van der Waals surface area contributed by atoms with Crippen LogP contribution in [0.15, 0.2) is 24.5 Å². The smallest absolute Gasteiger partial charge is 0.203 e. The molecule has 0 aliphatic rings. The van der Waals surface area contributed by atoms with Crippen LogP contribution in [-0.4, -0.2) is 42.1 Å². The molecule has 3 aromatic rings. The number of Topliss-reactive ketones (excluding diaryl/α,β-unsaturated/α-hetero) is 1. The van der Waals surface area contributed by atoms with E-state index in [4.69, 9.17) is 20.6 Å². The molecule has 0 spiro atoms. The molecule has 1 aromatic carbocycles. The standard InChI is InChI=1S/C22H23N3O4/c1-7-8-22(2,3)20(26)14-11-23-21-18(14)25-15(12-24-21)13-9-16(27-4)19(29-6)17(10-13)28-5/h1,9-12H,8H2,2-6H3,(H,23,24). The minimum absolute atomic E-state index is 0.0851. The van der Waals surface area contributed by atoms with Gasteiger partial charge >= 0.3 is 0 Å². The molecule has 3 rings (SSSR count). The van der Waals surface area contributed by atoms with Gasteiger partial charge in [-0.3, -0.25) is 4.79 Å². The molecule has 0 atom stereocenters. The predicted molar refractivity (Wildman–Crippen MR) is 111 cm³/mol. The number of aromatic amines is 1. The first-order valence-corrected chi connectivity index (χ1v) is 8.99. The van der Waals surface area contributed by atoms with Gasteiger partial charge in [0.15, 0.2) is 22.9 Å². The molecule has 0 aliphatic heterocycles. The van der Waals surface area contributed by atoms with E-state index in [9.17, 15) is 4.79 Å². The fraction of sp³-hybridized carbons (Fsp3) is 0.318. The highest BCUT2D eigenvalue weighted by Crippen LogP contribution is 2.41. The van der Waals surface area contributed by atoms with Crippen molar-refractivity contribution in [2.45, 2.75) is 20.3 Å². The van der Waals surface area contributed by atoms with Crippen LogP contribution in [0.25, 0.3) is 22.4 Å². The van der Waals surface area contributed by atoms with Gasteiger partial charge in [-0.2, -0.15) is 0 Å². The normalized spacial score (nSPS) is 11.2. The molecule has 29 heavy (non-hydrogen) atoms. The van der Waals surface area contributed by atoms with E-state index in [1.807, 2.05) is 13.8 Å². The van der Waals surface area contributed by atoms with Crippen LogP contribution >= 0.6 is 0 Å². The third-order valence-electron chi connectivity index (χ3n) is 4.74. The average Bonchev–Trinajstić information content (AvgIpc) is 3.14. The summed E-state index contributed by atoms with van der Waals surface area (Å²) >= 11 is 0. The molecule has 7 nitrogen and oxygen atoms in total. The Morgan fingerprint density at radius 2 is 1.83 bits per heavy atom. The van der Waals surface area contributed by atoms with Gasteiger partial charge < -0.3 is 19.2 Å². The summed E-state index contributed by atoms with van der Waals surface area (Å²) < 4.78 is 16.2. The van der Waals surface area contributed by atoms with Crippen molar-refractivity contribution in [3.8, 4) is 40.8 Å². The quantitative estimate of drug-likeness (QED) is 0.484. The molecule has 0 fully saturated rings. The molecule has 2 heterocycles. The Kier molecular flexibility index (Phi) is 5.46. The van der Waals surface area contributed by atoms with Gasteiger partial charge in [-0.1, -0.05) is 13.8 Å². The van der Waals surface area contributed by atoms with E-state index in [0.717, 1.165) is 5.56 Å². The van der Waals surface area contributed by atoms with Gasteiger partial charge in [-0.05, 0) is 12.1 Å². The number of ketones is 1. The van der Waals surface area contributed by atoms with Gasteiger partial charge in [0.2, 0.25) is 5.75 Å². The van der Waals surface area contributed by atoms with Crippen molar-refractivity contribution >= 4 is 16.9 Å². The molecule has 0 unspecified atom stereocenters. The number of rotatable bonds is 7. The van der Waals surface area contributed by atoms with E-state index in [1.165, 1.54) is 0 Å². The zero-order chi connectivity index (χ0) is 21.2. The van der Waals surface area contributed by atoms with Crippen LogP contribution < -0.4 is 14.2 Å². The topological polar surface area (TPSA) is 86.3 Å². The van der Waals surface area contributed by atoms with E-state index in [2.05, 4.69) is 20.9 Å². The van der Waals surface area contributed by atoms with Crippen LogP contribution in [0.3, 0.4) is 0 Å². The van der Waals surface area contributed by atoms with Gasteiger partial charge in [-0.15, -0.1) is 12.3 Å². The molecule has 150 valence electrons. The van der Waals surface area contributed by atoms with Crippen molar-refractivity contribution in [1.82, 2.24) is 15.0 Å². The number of hydrogen-bond acceptors (Lipinski definition) is 6. The van der Waals surface area contributed by atoms with Gasteiger partial charge in [-0.25, -0.2) is 9.97 Å². The van der Waals surface area contributed by atoms with Crippen molar-refractivity contribution in [3.05, 3.63) is 30.1 Å². The largest absolute Gasteiger partial charge is 0.493 e. The minimum atomic E-state index is -0.700. The molecule has 0 aliphatic carbocycles. The maximum Gasteiger partial charge on any atom is 0.203 e. The minimum Gasteiger partial charge on any atom is -0.493 e. The summed E-state index contributed by atoms with van der Waals surface area (Å²) in [5.74, 6) is 3.98. The average molecular weight is 393 g/mol. The second-order valence-corrected chi connectivity index (χ2v) is 7.16. The van der Waals surface area contributed by atoms with E-state index in [0.29, 0.717) is 46.1 Å². The number of carbonyl (C=O) groups excluding carboxylic acids is 1. The monoisotopic (exact) mass is 393 g/mol. The van der Waals surface area contributed by atoms with Crippen molar-refractivity contribution in [2.24, 2.45) is 5.41 Å². The summed E-state index contributed by atoms with van der Waals surface area (Å²) in [4.78, 5) is 25.1. The van der Waals surface area contributed by atoms with Crippen LogP contribution in [0.1, 0.15) is 30.6 Å². The Morgan fingerprint density at radius 3 is 2.38 bits per heavy atom. The van der Waals surface area contributed by atoms with Crippen molar-refractivity contribution < 1.29 is 19.0 Å². The lowest BCUT2D eigenvalue weighted by atomic mass is 9.82. The molecular formula is C22H23N3O4. The summed E-state index contributed by atoms with van der Waals surface area (Å²) in [6.07, 6.45) is 9.01. The number of fused-ring (bicyclic) bond motifs is 1. The SMILES string of the molecule is C#CCC(C)(C)C(=O)c1c[nH]c2ncc(-c3cc(OC)c(OC)c(OC)c3)nc12. The summed E-state index contributed by atoms with van der Waals surface area (Å²) in [6, 6.07) is 3.57. The number of carbonyl (C=O) groups is 1. The molecule has 0 amide bonds. The van der Waals surface area contributed by atoms with E-state index in [1.54, 1.807) is 45.9 Å². The van der Waals surface area contributed by atoms with Gasteiger partial charge in [0.1, 0.15) is 5.52 Å². The zero-order valence-corrected chi connectivity index (χ0v) is 17.1. The Labute approximate surface area is 169 Å². The summed E-state index contributed by atoms with van der Waals surface area (Å²) in [7, 11) is 4.64. The molecule has 0 radical (unpaired) electrons.